The Kier molecular flexibility index (Phi) is 4.62. The third kappa shape index (κ3) is 3.49. The van der Waals surface area contributed by atoms with E-state index < -0.39 is 5.97 Å². The standard InChI is InChI=1S/C15H21NO4/c1-10-7-16(8-11(2)20-10)9-12-4-5-14(19-3)13(6-12)15(17)18/h4-6,10-11H,7-9H2,1-3H3,(H,17,18)/t10-,11+. The summed E-state index contributed by atoms with van der Waals surface area (Å²) in [6.45, 7) is 6.55. The van der Waals surface area contributed by atoms with Crippen molar-refractivity contribution in [2.45, 2.75) is 32.6 Å². The molecule has 1 N–H and O–H groups in total. The van der Waals surface area contributed by atoms with Gasteiger partial charge in [0.05, 0.1) is 19.3 Å². The first-order valence-corrected chi connectivity index (χ1v) is 6.77. The van der Waals surface area contributed by atoms with Gasteiger partial charge in [0.2, 0.25) is 0 Å². The maximum absolute atomic E-state index is 11.2. The lowest BCUT2D eigenvalue weighted by molar-refractivity contribution is -0.0705. The van der Waals surface area contributed by atoms with Crippen molar-refractivity contribution in [2.24, 2.45) is 0 Å². The number of hydrogen-bond acceptors (Lipinski definition) is 4. The number of ether oxygens (including phenoxy) is 2. The van der Waals surface area contributed by atoms with Crippen LogP contribution < -0.4 is 4.74 Å². The lowest BCUT2D eigenvalue weighted by Gasteiger charge is -2.35. The summed E-state index contributed by atoms with van der Waals surface area (Å²) >= 11 is 0. The van der Waals surface area contributed by atoms with Gasteiger partial charge in [-0.15, -0.1) is 0 Å². The lowest BCUT2D eigenvalue weighted by atomic mass is 10.1. The van der Waals surface area contributed by atoms with Crippen LogP contribution in [0.3, 0.4) is 0 Å². The molecule has 0 saturated carbocycles. The Hall–Kier alpha value is -1.59. The number of carbonyl (C=O) groups is 1. The molecular formula is C15H21NO4. The van der Waals surface area contributed by atoms with E-state index in [0.29, 0.717) is 5.75 Å². The molecule has 0 radical (unpaired) electrons. The van der Waals surface area contributed by atoms with Crippen LogP contribution in [0.25, 0.3) is 0 Å². The van der Waals surface area contributed by atoms with Gasteiger partial charge in [-0.1, -0.05) is 6.07 Å². The van der Waals surface area contributed by atoms with E-state index in [-0.39, 0.29) is 17.8 Å². The van der Waals surface area contributed by atoms with Crippen molar-refractivity contribution >= 4 is 5.97 Å². The fourth-order valence-corrected chi connectivity index (χ4v) is 2.69. The largest absolute Gasteiger partial charge is 0.496 e. The summed E-state index contributed by atoms with van der Waals surface area (Å²) in [5, 5.41) is 9.20. The quantitative estimate of drug-likeness (QED) is 0.913. The van der Waals surface area contributed by atoms with Crippen molar-refractivity contribution < 1.29 is 19.4 Å². The molecule has 1 aliphatic rings. The number of nitrogens with zero attached hydrogens (tertiary/aromatic N) is 1. The average molecular weight is 279 g/mol. The molecule has 0 aromatic heterocycles. The van der Waals surface area contributed by atoms with Gasteiger partial charge in [-0.2, -0.15) is 0 Å². The molecule has 2 atom stereocenters. The molecule has 1 aromatic rings. The Morgan fingerprint density at radius 3 is 2.60 bits per heavy atom. The molecule has 0 unspecified atom stereocenters. The van der Waals surface area contributed by atoms with Gasteiger partial charge in [0.1, 0.15) is 11.3 Å². The SMILES string of the molecule is COc1ccc(CN2C[C@@H](C)O[C@@H](C)C2)cc1C(=O)O. The van der Waals surface area contributed by atoms with Gasteiger partial charge in [0.25, 0.3) is 0 Å². The Bertz CT molecular complexity index is 479. The summed E-state index contributed by atoms with van der Waals surface area (Å²) < 4.78 is 10.8. The number of carboxylic acids is 1. The van der Waals surface area contributed by atoms with Gasteiger partial charge in [-0.3, -0.25) is 4.90 Å². The monoisotopic (exact) mass is 279 g/mol. The molecule has 1 aliphatic heterocycles. The van der Waals surface area contributed by atoms with E-state index in [1.807, 2.05) is 6.07 Å². The highest BCUT2D eigenvalue weighted by Crippen LogP contribution is 2.22. The third-order valence-electron chi connectivity index (χ3n) is 3.40. The summed E-state index contributed by atoms with van der Waals surface area (Å²) in [5.74, 6) is -0.572. The first-order chi connectivity index (χ1) is 9.49. The van der Waals surface area contributed by atoms with Crippen molar-refractivity contribution in [2.75, 3.05) is 20.2 Å². The molecule has 110 valence electrons. The van der Waals surface area contributed by atoms with Crippen molar-refractivity contribution in [1.82, 2.24) is 4.90 Å². The second-order valence-electron chi connectivity index (χ2n) is 5.29. The predicted octanol–water partition coefficient (Wildman–Crippen LogP) is 2.00. The smallest absolute Gasteiger partial charge is 0.339 e. The van der Waals surface area contributed by atoms with Gasteiger partial charge < -0.3 is 14.6 Å². The second-order valence-corrected chi connectivity index (χ2v) is 5.29. The van der Waals surface area contributed by atoms with Crippen LogP contribution in [-0.2, 0) is 11.3 Å². The molecule has 5 heteroatoms. The maximum Gasteiger partial charge on any atom is 0.339 e. The molecule has 1 heterocycles. The number of hydrogen-bond donors (Lipinski definition) is 1. The summed E-state index contributed by atoms with van der Waals surface area (Å²) in [6.07, 6.45) is 0.409. The second kappa shape index (κ2) is 6.24. The highest BCUT2D eigenvalue weighted by atomic mass is 16.5. The van der Waals surface area contributed by atoms with E-state index in [9.17, 15) is 9.90 Å². The topological polar surface area (TPSA) is 59.0 Å². The molecule has 0 amide bonds. The van der Waals surface area contributed by atoms with Crippen LogP contribution in [0.15, 0.2) is 18.2 Å². The van der Waals surface area contributed by atoms with Gasteiger partial charge in [-0.25, -0.2) is 4.79 Å². The maximum atomic E-state index is 11.2. The summed E-state index contributed by atoms with van der Waals surface area (Å²) in [5.41, 5.74) is 1.18. The third-order valence-corrected chi connectivity index (χ3v) is 3.40. The molecule has 1 aromatic carbocycles. The fraction of sp³-hybridized carbons (Fsp3) is 0.533. The van der Waals surface area contributed by atoms with Gasteiger partial charge in [0.15, 0.2) is 0 Å². The highest BCUT2D eigenvalue weighted by Gasteiger charge is 2.22. The van der Waals surface area contributed by atoms with E-state index in [0.717, 1.165) is 25.2 Å². The molecule has 2 rings (SSSR count). The first-order valence-electron chi connectivity index (χ1n) is 6.77. The van der Waals surface area contributed by atoms with Crippen LogP contribution in [0.5, 0.6) is 5.75 Å². The minimum absolute atomic E-state index is 0.205. The zero-order valence-corrected chi connectivity index (χ0v) is 12.1. The number of benzene rings is 1. The van der Waals surface area contributed by atoms with Crippen molar-refractivity contribution in [3.05, 3.63) is 29.3 Å². The number of methoxy groups -OCH3 is 1. The Morgan fingerprint density at radius 2 is 2.05 bits per heavy atom. The minimum Gasteiger partial charge on any atom is -0.496 e. The fourth-order valence-electron chi connectivity index (χ4n) is 2.69. The predicted molar refractivity (Wildman–Crippen MR) is 75.2 cm³/mol. The molecule has 1 fully saturated rings. The molecule has 0 aliphatic carbocycles. The number of morpholine rings is 1. The lowest BCUT2D eigenvalue weighted by Crippen LogP contribution is -2.44. The van der Waals surface area contributed by atoms with Crippen LogP contribution in [-0.4, -0.2) is 48.4 Å². The van der Waals surface area contributed by atoms with E-state index >= 15 is 0 Å². The van der Waals surface area contributed by atoms with Crippen molar-refractivity contribution in [1.29, 1.82) is 0 Å². The van der Waals surface area contributed by atoms with Crippen molar-refractivity contribution in [3.63, 3.8) is 0 Å². The highest BCUT2D eigenvalue weighted by molar-refractivity contribution is 5.91. The van der Waals surface area contributed by atoms with Crippen LogP contribution in [0.2, 0.25) is 0 Å². The molecule has 1 saturated heterocycles. The van der Waals surface area contributed by atoms with E-state index in [1.54, 1.807) is 12.1 Å². The molecule has 5 nitrogen and oxygen atoms in total. The zero-order chi connectivity index (χ0) is 14.7. The molecular weight excluding hydrogens is 258 g/mol. The van der Waals surface area contributed by atoms with Gasteiger partial charge in [0, 0.05) is 19.6 Å². The summed E-state index contributed by atoms with van der Waals surface area (Å²) in [4.78, 5) is 13.5. The Labute approximate surface area is 119 Å². The zero-order valence-electron chi connectivity index (χ0n) is 12.1. The van der Waals surface area contributed by atoms with Crippen LogP contribution in [0, 0.1) is 0 Å². The van der Waals surface area contributed by atoms with E-state index in [4.69, 9.17) is 9.47 Å². The summed E-state index contributed by atoms with van der Waals surface area (Å²) in [7, 11) is 1.48. The number of carboxylic acid groups (broad SMARTS) is 1. The average Bonchev–Trinajstić information content (AvgIpc) is 2.37. The Balaban J connectivity index is 2.13. The molecule has 0 bridgehead atoms. The molecule has 20 heavy (non-hydrogen) atoms. The van der Waals surface area contributed by atoms with Crippen LogP contribution in [0.1, 0.15) is 29.8 Å². The van der Waals surface area contributed by atoms with Gasteiger partial charge in [-0.05, 0) is 31.5 Å². The van der Waals surface area contributed by atoms with E-state index in [1.165, 1.54) is 7.11 Å². The number of aromatic carboxylic acids is 1. The first kappa shape index (κ1) is 14.8. The summed E-state index contributed by atoms with van der Waals surface area (Å²) in [6, 6.07) is 5.31. The normalized spacial score (nSPS) is 23.6. The number of rotatable bonds is 4. The van der Waals surface area contributed by atoms with Crippen LogP contribution in [0.4, 0.5) is 0 Å². The van der Waals surface area contributed by atoms with Crippen molar-refractivity contribution in [3.8, 4) is 5.75 Å². The van der Waals surface area contributed by atoms with E-state index in [2.05, 4.69) is 18.7 Å². The van der Waals surface area contributed by atoms with Gasteiger partial charge >= 0.3 is 5.97 Å². The van der Waals surface area contributed by atoms with Crippen LogP contribution >= 0.6 is 0 Å². The Morgan fingerprint density at radius 1 is 1.40 bits per heavy atom. The molecule has 0 spiro atoms. The minimum atomic E-state index is -0.965.